The highest BCUT2D eigenvalue weighted by Crippen LogP contribution is 2.36. The molecule has 0 bridgehead atoms. The predicted molar refractivity (Wildman–Crippen MR) is 95.4 cm³/mol. The fraction of sp³-hybridized carbons (Fsp3) is 0. The molecule has 7 heteroatoms. The Hall–Kier alpha value is -2.25. The molecule has 0 saturated carbocycles. The summed E-state index contributed by atoms with van der Waals surface area (Å²) in [6, 6.07) is 17.5. The van der Waals surface area contributed by atoms with Crippen LogP contribution in [0.25, 0.3) is 10.9 Å². The molecule has 112 valence electrons. The largest absolute Gasteiger partial charge is 0.493 e. The summed E-state index contributed by atoms with van der Waals surface area (Å²) in [4.78, 5) is 2.78. The van der Waals surface area contributed by atoms with Gasteiger partial charge in [0.25, 0.3) is 0 Å². The lowest BCUT2D eigenvalue weighted by Crippen LogP contribution is -2.01. The molecule has 0 spiro atoms. The first-order valence-electron chi connectivity index (χ1n) is 6.29. The Morgan fingerprint density at radius 1 is 1.14 bits per heavy atom. The molecule has 0 aliphatic heterocycles. The molecule has 5 nitrogen and oxygen atoms in total. The zero-order valence-corrected chi connectivity index (χ0v) is 13.8. The lowest BCUT2D eigenvalue weighted by atomic mass is 10.2. The number of hydrogen-bond acceptors (Lipinski definition) is 3. The normalized spacial score (nSPS) is 10.4. The average molecular weight is 377 g/mol. The number of H-pyrrole nitrogens is 1. The Bertz CT molecular complexity index is 775. The fourth-order valence-electron chi connectivity index (χ4n) is 1.73. The topological polar surface area (TPSA) is 86.8 Å². The van der Waals surface area contributed by atoms with Crippen LogP contribution < -0.4 is 5.73 Å². The number of halogens is 1. The number of azo groups is 1. The molecular weight excluding hydrogens is 364 g/mol. The van der Waals surface area contributed by atoms with Crippen molar-refractivity contribution >= 4 is 49.9 Å². The van der Waals surface area contributed by atoms with Gasteiger partial charge in [-0.15, -0.1) is 10.2 Å². The second kappa shape index (κ2) is 7.67. The summed E-state index contributed by atoms with van der Waals surface area (Å²) in [5.74, 6) is -0.0619. The number of benzene rings is 2. The molecule has 0 atom stereocenters. The predicted octanol–water partition coefficient (Wildman–Crippen LogP) is 4.65. The van der Waals surface area contributed by atoms with Crippen molar-refractivity contribution in [1.29, 1.82) is 0 Å². The van der Waals surface area contributed by atoms with E-state index in [2.05, 4.69) is 43.4 Å². The van der Waals surface area contributed by atoms with E-state index in [1.807, 2.05) is 54.6 Å². The summed E-state index contributed by atoms with van der Waals surface area (Å²) in [5, 5.41) is 17.6. The summed E-state index contributed by atoms with van der Waals surface area (Å²) >= 11 is 7.91. The van der Waals surface area contributed by atoms with Crippen molar-refractivity contribution in [3.63, 3.8) is 0 Å². The van der Waals surface area contributed by atoms with E-state index in [0.717, 1.165) is 15.4 Å². The number of hydrogen-bond donors (Lipinski definition) is 3. The van der Waals surface area contributed by atoms with Gasteiger partial charge < -0.3 is 15.8 Å². The number of nitrogens with two attached hydrogens (primary N) is 1. The molecule has 4 N–H and O–H groups in total. The number of aromatic hydroxyl groups is 1. The molecule has 22 heavy (non-hydrogen) atoms. The van der Waals surface area contributed by atoms with E-state index in [0.29, 0.717) is 5.69 Å². The van der Waals surface area contributed by atoms with Crippen LogP contribution in [-0.2, 0) is 0 Å². The highest BCUT2D eigenvalue weighted by atomic mass is 79.9. The van der Waals surface area contributed by atoms with Crippen LogP contribution in [0.15, 0.2) is 69.3 Å². The van der Waals surface area contributed by atoms with Crippen LogP contribution in [0.4, 0.5) is 5.69 Å². The van der Waals surface area contributed by atoms with Crippen molar-refractivity contribution in [1.82, 2.24) is 4.98 Å². The third-order valence-corrected chi connectivity index (χ3v) is 3.20. The van der Waals surface area contributed by atoms with E-state index in [9.17, 15) is 5.11 Å². The van der Waals surface area contributed by atoms with Gasteiger partial charge in [0.15, 0.2) is 5.69 Å². The van der Waals surface area contributed by atoms with Gasteiger partial charge in [-0.2, -0.15) is 0 Å². The molecule has 1 aromatic heterocycles. The van der Waals surface area contributed by atoms with Crippen LogP contribution in [0.5, 0.6) is 5.88 Å². The van der Waals surface area contributed by atoms with Crippen LogP contribution >= 0.6 is 28.1 Å². The molecule has 0 radical (unpaired) electrons. The molecule has 0 aliphatic rings. The Labute approximate surface area is 141 Å². The zero-order chi connectivity index (χ0) is 15.9. The molecule has 3 aromatic rings. The summed E-state index contributed by atoms with van der Waals surface area (Å²) in [7, 11) is 0. The maximum atomic E-state index is 9.63. The van der Waals surface area contributed by atoms with Gasteiger partial charge in [-0.1, -0.05) is 52.3 Å². The van der Waals surface area contributed by atoms with Gasteiger partial charge in [0.2, 0.25) is 11.0 Å². The van der Waals surface area contributed by atoms with Crippen LogP contribution in [0.2, 0.25) is 0 Å². The minimum Gasteiger partial charge on any atom is -0.493 e. The van der Waals surface area contributed by atoms with Crippen LogP contribution in [0.1, 0.15) is 0 Å². The summed E-state index contributed by atoms with van der Waals surface area (Å²) in [6.45, 7) is 0. The van der Waals surface area contributed by atoms with Crippen molar-refractivity contribution in [2.24, 2.45) is 16.0 Å². The van der Waals surface area contributed by atoms with Crippen molar-refractivity contribution in [2.45, 2.75) is 0 Å². The minimum absolute atomic E-state index is 0.0619. The van der Waals surface area contributed by atoms with Gasteiger partial charge >= 0.3 is 0 Å². The highest BCUT2D eigenvalue weighted by Gasteiger charge is 2.10. The van der Waals surface area contributed by atoms with E-state index < -0.39 is 0 Å². The third kappa shape index (κ3) is 4.37. The summed E-state index contributed by atoms with van der Waals surface area (Å²) in [6.07, 6.45) is 0. The Morgan fingerprint density at radius 3 is 2.27 bits per heavy atom. The molecule has 3 rings (SSSR count). The van der Waals surface area contributed by atoms with Gasteiger partial charge in [0.1, 0.15) is 0 Å². The molecule has 2 aromatic carbocycles. The van der Waals surface area contributed by atoms with Crippen LogP contribution in [0.3, 0.4) is 0 Å². The number of nitrogens with one attached hydrogen (secondary N) is 1. The SMILES string of the molecule is NC(=S)N=Nc1c(O)[nH]c2cc(Br)ccc12.c1ccccc1. The first-order valence-corrected chi connectivity index (χ1v) is 7.49. The monoisotopic (exact) mass is 376 g/mol. The number of nitrogens with zero attached hydrogens (tertiary/aromatic N) is 2. The quantitative estimate of drug-likeness (QED) is 0.426. The maximum Gasteiger partial charge on any atom is 0.218 e. The van der Waals surface area contributed by atoms with Crippen molar-refractivity contribution in [2.75, 3.05) is 0 Å². The van der Waals surface area contributed by atoms with Gasteiger partial charge in [0, 0.05) is 9.86 Å². The van der Waals surface area contributed by atoms with E-state index in [1.165, 1.54) is 0 Å². The molecular formula is C15H13BrN4OS. The Balaban J connectivity index is 0.000000246. The van der Waals surface area contributed by atoms with Crippen molar-refractivity contribution in [3.05, 3.63) is 59.1 Å². The fourth-order valence-corrected chi connectivity index (χ4v) is 2.13. The van der Waals surface area contributed by atoms with E-state index in [4.69, 9.17) is 5.73 Å². The number of aromatic nitrogens is 1. The number of thiocarbonyl (C=S) groups is 1. The highest BCUT2D eigenvalue weighted by molar-refractivity contribution is 9.10. The maximum absolute atomic E-state index is 9.63. The number of rotatable bonds is 1. The number of fused-ring (bicyclic) bond motifs is 1. The first kappa shape index (κ1) is 16.1. The van der Waals surface area contributed by atoms with Crippen LogP contribution in [0, 0.1) is 0 Å². The lowest BCUT2D eigenvalue weighted by molar-refractivity contribution is 0.459. The van der Waals surface area contributed by atoms with Crippen molar-refractivity contribution in [3.8, 4) is 5.88 Å². The molecule has 0 unspecified atom stereocenters. The van der Waals surface area contributed by atoms with Crippen LogP contribution in [-0.4, -0.2) is 15.2 Å². The molecule has 1 heterocycles. The Morgan fingerprint density at radius 2 is 1.73 bits per heavy atom. The number of aromatic amines is 1. The standard InChI is InChI=1S/C9H7BrN4OS.C6H6/c10-4-1-2-5-6(3-4)12-8(15)7(5)13-14-9(11)16;1-2-4-6-5-3-1/h1-3,12,15H,(H2,11,16);1-6H. The third-order valence-electron chi connectivity index (χ3n) is 2.63. The first-order chi connectivity index (χ1) is 10.6. The van der Waals surface area contributed by atoms with E-state index in [1.54, 1.807) is 0 Å². The second-order valence-corrected chi connectivity index (χ2v) is 5.54. The molecule has 0 fully saturated rings. The Kier molecular flexibility index (Phi) is 5.62. The van der Waals surface area contributed by atoms with Gasteiger partial charge in [-0.3, -0.25) is 0 Å². The average Bonchev–Trinajstić information content (AvgIpc) is 2.82. The van der Waals surface area contributed by atoms with Gasteiger partial charge in [0.05, 0.1) is 5.52 Å². The smallest absolute Gasteiger partial charge is 0.218 e. The minimum atomic E-state index is -0.0779. The van der Waals surface area contributed by atoms with Crippen molar-refractivity contribution < 1.29 is 5.11 Å². The molecule has 0 aliphatic carbocycles. The summed E-state index contributed by atoms with van der Waals surface area (Å²) < 4.78 is 0.902. The van der Waals surface area contributed by atoms with Gasteiger partial charge in [-0.25, -0.2) is 0 Å². The van der Waals surface area contributed by atoms with E-state index in [-0.39, 0.29) is 11.0 Å². The lowest BCUT2D eigenvalue weighted by Gasteiger charge is -1.91. The molecule has 0 saturated heterocycles. The second-order valence-electron chi connectivity index (χ2n) is 4.21. The zero-order valence-electron chi connectivity index (χ0n) is 11.4. The van der Waals surface area contributed by atoms with Gasteiger partial charge in [-0.05, 0) is 30.4 Å². The summed E-state index contributed by atoms with van der Waals surface area (Å²) in [5.41, 5.74) is 6.28. The van der Waals surface area contributed by atoms with E-state index >= 15 is 0 Å². The molecule has 0 amide bonds.